The molecule has 0 aromatic heterocycles. The smallest absolute Gasteiger partial charge is 0.162 e. The van der Waals surface area contributed by atoms with Crippen LogP contribution in [0.2, 0.25) is 0 Å². The number of carbonyl (C=O) groups is 1. The third-order valence-electron chi connectivity index (χ3n) is 6.05. The second-order valence-electron chi connectivity index (χ2n) is 8.14. The normalized spacial score (nSPS) is 12.4. The Labute approximate surface area is 192 Å². The highest BCUT2D eigenvalue weighted by molar-refractivity contribution is 6.13. The van der Waals surface area contributed by atoms with Gasteiger partial charge < -0.3 is 0 Å². The Morgan fingerprint density at radius 1 is 0.906 bits per heavy atom. The van der Waals surface area contributed by atoms with E-state index in [1.165, 1.54) is 11.1 Å². The van der Waals surface area contributed by atoms with E-state index in [-0.39, 0.29) is 11.7 Å². The molecule has 1 unspecified atom stereocenters. The number of nitrogens with zero attached hydrogens (tertiary/aromatic N) is 1. The van der Waals surface area contributed by atoms with E-state index in [0.717, 1.165) is 40.8 Å². The van der Waals surface area contributed by atoms with Crippen LogP contribution in [0.5, 0.6) is 0 Å². The largest absolute Gasteiger partial charge is 0.294 e. The van der Waals surface area contributed by atoms with Gasteiger partial charge in [-0.2, -0.15) is 0 Å². The van der Waals surface area contributed by atoms with Crippen molar-refractivity contribution in [3.8, 4) is 0 Å². The van der Waals surface area contributed by atoms with Gasteiger partial charge in [0.1, 0.15) is 0 Å². The van der Waals surface area contributed by atoms with Gasteiger partial charge in [0.2, 0.25) is 0 Å². The van der Waals surface area contributed by atoms with Crippen LogP contribution in [0.4, 0.5) is 0 Å². The number of aryl methyl sites for hydroxylation is 1. The highest BCUT2D eigenvalue weighted by Crippen LogP contribution is 2.26. The number of rotatable bonds is 10. The number of benzene rings is 3. The standard InChI is InChI=1S/C30H33NO/c1-5-24-13-10-11-18-28(24)30(25-14-8-7-9-15-25)31-20-19-22(3)23(4)26-16-12-17-27(21-26)29(32)6-2/h7-18,21,23H,3,5-6,19-20H2,1-2,4H3. The summed E-state index contributed by atoms with van der Waals surface area (Å²) in [6, 6.07) is 26.9. The second kappa shape index (κ2) is 11.4. The first-order valence-corrected chi connectivity index (χ1v) is 11.5. The first kappa shape index (κ1) is 23.4. The highest BCUT2D eigenvalue weighted by atomic mass is 16.1. The molecule has 0 aliphatic heterocycles. The van der Waals surface area contributed by atoms with Crippen molar-refractivity contribution in [1.82, 2.24) is 0 Å². The first-order chi connectivity index (χ1) is 15.5. The molecule has 0 heterocycles. The minimum absolute atomic E-state index is 0.177. The van der Waals surface area contributed by atoms with Crippen LogP contribution >= 0.6 is 0 Å². The third-order valence-corrected chi connectivity index (χ3v) is 6.05. The van der Waals surface area contributed by atoms with E-state index in [4.69, 9.17) is 4.99 Å². The molecule has 0 spiro atoms. The number of hydrogen-bond donors (Lipinski definition) is 0. The topological polar surface area (TPSA) is 29.4 Å². The lowest BCUT2D eigenvalue weighted by molar-refractivity contribution is 0.0988. The summed E-state index contributed by atoms with van der Waals surface area (Å²) in [6.45, 7) is 11.3. The van der Waals surface area contributed by atoms with E-state index in [1.54, 1.807) is 0 Å². The number of carbonyl (C=O) groups excluding carboxylic acids is 1. The van der Waals surface area contributed by atoms with Crippen LogP contribution < -0.4 is 0 Å². The van der Waals surface area contributed by atoms with Crippen LogP contribution in [0, 0.1) is 0 Å². The molecule has 0 saturated heterocycles. The monoisotopic (exact) mass is 423 g/mol. The molecule has 3 rings (SSSR count). The zero-order chi connectivity index (χ0) is 22.9. The van der Waals surface area contributed by atoms with Crippen LogP contribution in [0.15, 0.2) is 96.0 Å². The fourth-order valence-electron chi connectivity index (χ4n) is 3.94. The lowest BCUT2D eigenvalue weighted by Gasteiger charge is -2.16. The maximum absolute atomic E-state index is 12.1. The van der Waals surface area contributed by atoms with E-state index < -0.39 is 0 Å². The maximum atomic E-state index is 12.1. The summed E-state index contributed by atoms with van der Waals surface area (Å²) < 4.78 is 0. The summed E-state index contributed by atoms with van der Waals surface area (Å²) in [4.78, 5) is 17.1. The van der Waals surface area contributed by atoms with Crippen LogP contribution in [0.3, 0.4) is 0 Å². The Bertz CT molecular complexity index is 1090. The zero-order valence-corrected chi connectivity index (χ0v) is 19.5. The number of ketones is 1. The van der Waals surface area contributed by atoms with Gasteiger partial charge >= 0.3 is 0 Å². The molecular weight excluding hydrogens is 390 g/mol. The summed E-state index contributed by atoms with van der Waals surface area (Å²) in [7, 11) is 0. The van der Waals surface area contributed by atoms with Crippen molar-refractivity contribution in [2.24, 2.45) is 4.99 Å². The van der Waals surface area contributed by atoms with Gasteiger partial charge in [-0.3, -0.25) is 9.79 Å². The van der Waals surface area contributed by atoms with Gasteiger partial charge in [-0.25, -0.2) is 0 Å². The number of Topliss-reactive ketones (excluding diaryl/α,β-unsaturated/α-hetero) is 1. The van der Waals surface area contributed by atoms with Crippen molar-refractivity contribution in [1.29, 1.82) is 0 Å². The molecule has 1 atom stereocenters. The molecule has 3 aromatic carbocycles. The summed E-state index contributed by atoms with van der Waals surface area (Å²) >= 11 is 0. The van der Waals surface area contributed by atoms with Gasteiger partial charge in [-0.15, -0.1) is 0 Å². The molecule has 0 fully saturated rings. The van der Waals surface area contributed by atoms with Crippen molar-refractivity contribution < 1.29 is 4.79 Å². The molecule has 0 aliphatic rings. The third kappa shape index (κ3) is 5.70. The minimum Gasteiger partial charge on any atom is -0.294 e. The Kier molecular flexibility index (Phi) is 8.33. The van der Waals surface area contributed by atoms with Gasteiger partial charge in [0.25, 0.3) is 0 Å². The van der Waals surface area contributed by atoms with Gasteiger partial charge in [0.15, 0.2) is 5.78 Å². The summed E-state index contributed by atoms with van der Waals surface area (Å²) in [5, 5.41) is 0. The lowest BCUT2D eigenvalue weighted by Crippen LogP contribution is -2.08. The fourth-order valence-corrected chi connectivity index (χ4v) is 3.94. The van der Waals surface area contributed by atoms with Crippen molar-refractivity contribution in [3.63, 3.8) is 0 Å². The molecule has 0 radical (unpaired) electrons. The van der Waals surface area contributed by atoms with Crippen LogP contribution in [-0.2, 0) is 6.42 Å². The van der Waals surface area contributed by atoms with E-state index in [9.17, 15) is 4.79 Å². The van der Waals surface area contributed by atoms with Crippen LogP contribution in [0.1, 0.15) is 72.1 Å². The maximum Gasteiger partial charge on any atom is 0.162 e. The molecule has 0 aliphatic carbocycles. The quantitative estimate of drug-likeness (QED) is 0.189. The Morgan fingerprint density at radius 2 is 1.59 bits per heavy atom. The lowest BCUT2D eigenvalue weighted by atomic mass is 9.90. The predicted molar refractivity (Wildman–Crippen MR) is 136 cm³/mol. The van der Waals surface area contributed by atoms with Crippen molar-refractivity contribution >= 4 is 11.5 Å². The van der Waals surface area contributed by atoms with Crippen molar-refractivity contribution in [3.05, 3.63) is 119 Å². The molecule has 0 amide bonds. The number of hydrogen-bond acceptors (Lipinski definition) is 2. The van der Waals surface area contributed by atoms with Crippen molar-refractivity contribution in [2.45, 2.75) is 46.0 Å². The molecule has 0 N–H and O–H groups in total. The number of aliphatic imine (C=N–C) groups is 1. The molecule has 3 aromatic rings. The Balaban J connectivity index is 1.79. The van der Waals surface area contributed by atoms with Crippen LogP contribution in [0.25, 0.3) is 0 Å². The highest BCUT2D eigenvalue weighted by Gasteiger charge is 2.13. The van der Waals surface area contributed by atoms with E-state index in [2.05, 4.69) is 75.0 Å². The summed E-state index contributed by atoms with van der Waals surface area (Å²) in [5.74, 6) is 0.356. The molecule has 2 heteroatoms. The van der Waals surface area contributed by atoms with E-state index in [0.29, 0.717) is 13.0 Å². The molecule has 32 heavy (non-hydrogen) atoms. The van der Waals surface area contributed by atoms with Gasteiger partial charge in [-0.1, -0.05) is 106 Å². The molecular formula is C30H33NO. The van der Waals surface area contributed by atoms with E-state index in [1.807, 2.05) is 31.2 Å². The molecule has 0 bridgehead atoms. The fraction of sp³-hybridized carbons (Fsp3) is 0.267. The summed E-state index contributed by atoms with van der Waals surface area (Å²) in [5.41, 5.74) is 7.73. The van der Waals surface area contributed by atoms with Gasteiger partial charge in [0, 0.05) is 35.6 Å². The first-order valence-electron chi connectivity index (χ1n) is 11.5. The van der Waals surface area contributed by atoms with Crippen molar-refractivity contribution in [2.75, 3.05) is 6.54 Å². The molecule has 0 saturated carbocycles. The zero-order valence-electron chi connectivity index (χ0n) is 19.5. The average molecular weight is 424 g/mol. The van der Waals surface area contributed by atoms with Crippen LogP contribution in [-0.4, -0.2) is 18.0 Å². The van der Waals surface area contributed by atoms with Gasteiger partial charge in [-0.05, 0) is 30.0 Å². The average Bonchev–Trinajstić information content (AvgIpc) is 2.86. The predicted octanol–water partition coefficient (Wildman–Crippen LogP) is 7.43. The summed E-state index contributed by atoms with van der Waals surface area (Å²) in [6.07, 6.45) is 2.30. The second-order valence-corrected chi connectivity index (χ2v) is 8.14. The van der Waals surface area contributed by atoms with E-state index >= 15 is 0 Å². The molecule has 164 valence electrons. The van der Waals surface area contributed by atoms with Gasteiger partial charge in [0.05, 0.1) is 5.71 Å². The Morgan fingerprint density at radius 3 is 2.31 bits per heavy atom. The minimum atomic E-state index is 0.177. The SMILES string of the molecule is C=C(CCN=C(c1ccccc1)c1ccccc1CC)C(C)c1cccc(C(=O)CC)c1. The molecule has 2 nitrogen and oxygen atoms in total. The Hall–Kier alpha value is -3.26.